The summed E-state index contributed by atoms with van der Waals surface area (Å²) in [5, 5.41) is 9.38. The summed E-state index contributed by atoms with van der Waals surface area (Å²) >= 11 is 0. The zero-order valence-electron chi connectivity index (χ0n) is 32.6. The number of nitrogens with zero attached hydrogens (tertiary/aromatic N) is 7. The molecule has 0 aliphatic carbocycles. The fraction of sp³-hybridized carbons (Fsp3) is 0.381. The van der Waals surface area contributed by atoms with Crippen molar-refractivity contribution >= 4 is 25.3 Å². The summed E-state index contributed by atoms with van der Waals surface area (Å²) in [7, 11) is 1.71. The molecule has 0 N–H and O–H groups in total. The van der Waals surface area contributed by atoms with E-state index in [-0.39, 0.29) is 31.7 Å². The third-order valence-electron chi connectivity index (χ3n) is 9.97. The second-order valence-corrected chi connectivity index (χ2v) is 15.5. The zero-order chi connectivity index (χ0) is 39.2. The van der Waals surface area contributed by atoms with E-state index in [1.165, 1.54) is 0 Å². The van der Waals surface area contributed by atoms with Crippen molar-refractivity contribution in [2.75, 3.05) is 27.4 Å². The first-order valence-corrected chi connectivity index (χ1v) is 19.9. The molecule has 0 bridgehead atoms. The largest absolute Gasteiger partial charge is 0.497 e. The Morgan fingerprint density at radius 3 is 2.11 bits per heavy atom. The van der Waals surface area contributed by atoms with Crippen LogP contribution in [0, 0.1) is 11.3 Å². The van der Waals surface area contributed by atoms with Crippen molar-refractivity contribution in [1.82, 2.24) is 28.6 Å². The molecule has 7 rings (SSSR count). The predicted molar refractivity (Wildman–Crippen MR) is 213 cm³/mol. The lowest BCUT2D eigenvalue weighted by Gasteiger charge is -2.39. The Morgan fingerprint density at radius 2 is 1.50 bits per heavy atom. The molecule has 6 aromatic rings. The van der Waals surface area contributed by atoms with Crippen LogP contribution >= 0.6 is 8.53 Å². The Bertz CT molecular complexity index is 2170. The van der Waals surface area contributed by atoms with Gasteiger partial charge in [0.1, 0.15) is 35.8 Å². The van der Waals surface area contributed by atoms with Crippen LogP contribution in [0.1, 0.15) is 63.5 Å². The second kappa shape index (κ2) is 17.5. The molecule has 0 saturated carbocycles. The summed E-state index contributed by atoms with van der Waals surface area (Å²) in [6.07, 6.45) is 6.26. The number of benzene rings is 3. The van der Waals surface area contributed by atoms with E-state index in [0.717, 1.165) is 28.2 Å². The minimum atomic E-state index is -1.60. The van der Waals surface area contributed by atoms with Crippen LogP contribution in [0.25, 0.3) is 16.8 Å². The Balaban J connectivity index is 1.30. The van der Waals surface area contributed by atoms with E-state index in [9.17, 15) is 5.26 Å². The highest BCUT2D eigenvalue weighted by Gasteiger charge is 2.45. The van der Waals surface area contributed by atoms with E-state index in [1.807, 2.05) is 81.9 Å². The van der Waals surface area contributed by atoms with E-state index in [2.05, 4.69) is 55.6 Å². The van der Waals surface area contributed by atoms with E-state index in [4.69, 9.17) is 38.0 Å². The van der Waals surface area contributed by atoms with Crippen LogP contribution in [-0.2, 0) is 24.1 Å². The fourth-order valence-corrected chi connectivity index (χ4v) is 9.14. The maximum Gasteiger partial charge on any atom is 0.259 e. The molecule has 1 aliphatic heterocycles. The first kappa shape index (κ1) is 39.3. The van der Waals surface area contributed by atoms with Gasteiger partial charge in [0.05, 0.1) is 52.4 Å². The summed E-state index contributed by atoms with van der Waals surface area (Å²) in [5.41, 5.74) is 3.72. The average Bonchev–Trinajstić information content (AvgIpc) is 3.97. The highest BCUT2D eigenvalue weighted by atomic mass is 31.2. The van der Waals surface area contributed by atoms with Gasteiger partial charge in [-0.15, -0.1) is 0 Å². The smallest absolute Gasteiger partial charge is 0.259 e. The van der Waals surface area contributed by atoms with Crippen molar-refractivity contribution in [1.29, 1.82) is 5.26 Å². The summed E-state index contributed by atoms with van der Waals surface area (Å²) in [4.78, 5) is 14.0. The molecule has 13 nitrogen and oxygen atoms in total. The van der Waals surface area contributed by atoms with Gasteiger partial charge in [-0.2, -0.15) is 5.26 Å². The molecular weight excluding hydrogens is 729 g/mol. The number of aromatic nitrogens is 5. The van der Waals surface area contributed by atoms with Crippen molar-refractivity contribution in [2.24, 2.45) is 0 Å². The Hall–Kier alpha value is -4.93. The van der Waals surface area contributed by atoms with E-state index in [0.29, 0.717) is 23.2 Å². The monoisotopic (exact) mass is 777 g/mol. The molecule has 292 valence electrons. The lowest BCUT2D eigenvalue weighted by atomic mass is 9.80. The maximum atomic E-state index is 9.38. The van der Waals surface area contributed by atoms with Crippen molar-refractivity contribution in [2.45, 2.75) is 76.7 Å². The number of ether oxygens (including phenoxy) is 4. The molecule has 56 heavy (non-hydrogen) atoms. The lowest BCUT2D eigenvalue weighted by Crippen LogP contribution is -2.39. The van der Waals surface area contributed by atoms with Gasteiger partial charge in [0.2, 0.25) is 0 Å². The molecule has 4 atom stereocenters. The number of hydrogen-bond donors (Lipinski definition) is 0. The van der Waals surface area contributed by atoms with E-state index in [1.54, 1.807) is 33.1 Å². The van der Waals surface area contributed by atoms with Crippen LogP contribution in [0.3, 0.4) is 0 Å². The van der Waals surface area contributed by atoms with Crippen molar-refractivity contribution < 1.29 is 28.0 Å². The Labute approximate surface area is 328 Å². The van der Waals surface area contributed by atoms with E-state index < -0.39 is 32.6 Å². The molecule has 1 unspecified atom stereocenters. The minimum Gasteiger partial charge on any atom is -0.497 e. The Morgan fingerprint density at radius 1 is 0.857 bits per heavy atom. The molecule has 1 aliphatic rings. The maximum absolute atomic E-state index is 9.38. The molecule has 3 aromatic carbocycles. The highest BCUT2D eigenvalue weighted by Crippen LogP contribution is 2.51. The molecule has 4 heterocycles. The van der Waals surface area contributed by atoms with Crippen LogP contribution in [0.5, 0.6) is 11.5 Å². The predicted octanol–water partition coefficient (Wildman–Crippen LogP) is 8.05. The van der Waals surface area contributed by atoms with Gasteiger partial charge in [-0.25, -0.2) is 19.6 Å². The molecule has 3 aromatic heterocycles. The average molecular weight is 778 g/mol. The van der Waals surface area contributed by atoms with Crippen LogP contribution in [0.2, 0.25) is 0 Å². The SMILES string of the molecule is COc1ccc(C(OC[C@H]2O[C@@H](n3cnc4c3ncn3ccnc43)C[C@@H]2OP(OCCC#N)N(C(C)C)C(C)C)(c2ccccc2)c2ccc(OC)cc2)cc1. The minimum absolute atomic E-state index is 0.116. The molecule has 0 radical (unpaired) electrons. The summed E-state index contributed by atoms with van der Waals surface area (Å²) < 4.78 is 44.9. The quantitative estimate of drug-likeness (QED) is 0.0507. The van der Waals surface area contributed by atoms with Gasteiger partial charge in [0.25, 0.3) is 8.53 Å². The summed E-state index contributed by atoms with van der Waals surface area (Å²) in [5.74, 6) is 1.47. The second-order valence-electron chi connectivity index (χ2n) is 14.1. The van der Waals surface area contributed by atoms with Gasteiger partial charge in [-0.1, -0.05) is 54.6 Å². The highest BCUT2D eigenvalue weighted by molar-refractivity contribution is 7.44. The molecule has 0 spiro atoms. The van der Waals surface area contributed by atoms with Crippen LogP contribution in [0.4, 0.5) is 0 Å². The lowest BCUT2D eigenvalue weighted by molar-refractivity contribution is -0.0912. The summed E-state index contributed by atoms with van der Waals surface area (Å²) in [6, 6.07) is 28.5. The molecule has 0 amide bonds. The van der Waals surface area contributed by atoms with Gasteiger partial charge in [-0.05, 0) is 68.7 Å². The number of hydrogen-bond acceptors (Lipinski definition) is 11. The number of methoxy groups -OCH3 is 2. The van der Waals surface area contributed by atoms with Gasteiger partial charge >= 0.3 is 0 Å². The standard InChI is InChI=1S/C42H48N7O6P/c1-29(2)49(30(3)4)56(53-24-10-21-43)55-36-25-38(48-28-45-39-40-44-22-23-47(40)27-46-41(39)48)54-37(36)26-52-42(31-11-8-7-9-12-31,32-13-17-34(50-5)18-14-32)33-15-19-35(51-6)20-16-33/h7-9,11-20,22-23,27-30,36-38H,10,24-26H2,1-6H3/t36-,37+,38+,56?/m0/s1. The Kier molecular flexibility index (Phi) is 12.3. The number of fused-ring (bicyclic) bond motifs is 3. The van der Waals surface area contributed by atoms with E-state index >= 15 is 0 Å². The van der Waals surface area contributed by atoms with Gasteiger partial charge in [0, 0.05) is 30.9 Å². The van der Waals surface area contributed by atoms with Crippen molar-refractivity contribution in [3.8, 4) is 17.6 Å². The normalized spacial score (nSPS) is 18.0. The van der Waals surface area contributed by atoms with Crippen LogP contribution < -0.4 is 9.47 Å². The first-order valence-electron chi connectivity index (χ1n) is 18.8. The van der Waals surface area contributed by atoms with Crippen molar-refractivity contribution in [3.63, 3.8) is 0 Å². The zero-order valence-corrected chi connectivity index (χ0v) is 33.5. The third kappa shape index (κ3) is 7.86. The molecule has 1 fully saturated rings. The fourth-order valence-electron chi connectivity index (χ4n) is 7.38. The van der Waals surface area contributed by atoms with Gasteiger partial charge in [-0.3, -0.25) is 8.97 Å². The number of nitriles is 1. The van der Waals surface area contributed by atoms with Gasteiger partial charge in [0.15, 0.2) is 16.8 Å². The van der Waals surface area contributed by atoms with Crippen molar-refractivity contribution in [3.05, 3.63) is 121 Å². The number of imidazole rings is 2. The number of rotatable bonds is 17. The van der Waals surface area contributed by atoms with Gasteiger partial charge < -0.3 is 28.0 Å². The summed E-state index contributed by atoms with van der Waals surface area (Å²) in [6.45, 7) is 8.89. The molecule has 14 heteroatoms. The van der Waals surface area contributed by atoms with Crippen LogP contribution in [0.15, 0.2) is 104 Å². The molecule has 1 saturated heterocycles. The third-order valence-corrected chi connectivity index (χ3v) is 12.1. The van der Waals surface area contributed by atoms with Crippen LogP contribution in [-0.4, -0.2) is 80.3 Å². The topological polar surface area (TPSA) is 130 Å². The first-order chi connectivity index (χ1) is 27.3. The molecular formula is C42H48N7O6P.